The molecule has 0 aliphatic carbocycles. The Labute approximate surface area is 90.6 Å². The molecule has 0 saturated carbocycles. The van der Waals surface area contributed by atoms with Gasteiger partial charge >= 0.3 is 0 Å². The molecule has 3 nitrogen and oxygen atoms in total. The van der Waals surface area contributed by atoms with Crippen LogP contribution in [0.2, 0.25) is 0 Å². The number of hydrogen-bond donors (Lipinski definition) is 1. The Morgan fingerprint density at radius 1 is 1.43 bits per heavy atom. The van der Waals surface area contributed by atoms with Crippen LogP contribution in [0.3, 0.4) is 0 Å². The SMILES string of the molecule is CC(=O)/C(Cc1ccc(Br)cc1)=N\O. The molecular formula is C10H10BrNO2. The molecular weight excluding hydrogens is 246 g/mol. The molecule has 0 aromatic heterocycles. The van der Waals surface area contributed by atoms with Crippen LogP contribution in [0.4, 0.5) is 0 Å². The quantitative estimate of drug-likeness (QED) is 0.513. The van der Waals surface area contributed by atoms with Gasteiger partial charge in [0.15, 0.2) is 5.78 Å². The number of nitrogens with zero attached hydrogens (tertiary/aromatic N) is 1. The minimum Gasteiger partial charge on any atom is -0.411 e. The molecule has 14 heavy (non-hydrogen) atoms. The highest BCUT2D eigenvalue weighted by atomic mass is 79.9. The van der Waals surface area contributed by atoms with Crippen molar-refractivity contribution in [2.24, 2.45) is 5.16 Å². The van der Waals surface area contributed by atoms with Gasteiger partial charge in [0.25, 0.3) is 0 Å². The van der Waals surface area contributed by atoms with E-state index in [0.717, 1.165) is 10.0 Å². The summed E-state index contributed by atoms with van der Waals surface area (Å²) in [6.07, 6.45) is 0.360. The van der Waals surface area contributed by atoms with E-state index in [1.165, 1.54) is 6.92 Å². The lowest BCUT2D eigenvalue weighted by molar-refractivity contribution is -0.111. The van der Waals surface area contributed by atoms with Crippen LogP contribution >= 0.6 is 15.9 Å². The van der Waals surface area contributed by atoms with Crippen LogP contribution in [0.15, 0.2) is 33.9 Å². The number of carbonyl (C=O) groups excluding carboxylic acids is 1. The molecule has 0 atom stereocenters. The fourth-order valence-corrected chi connectivity index (χ4v) is 1.29. The van der Waals surface area contributed by atoms with Gasteiger partial charge in [-0.2, -0.15) is 0 Å². The van der Waals surface area contributed by atoms with Crippen LogP contribution in [0.1, 0.15) is 12.5 Å². The van der Waals surface area contributed by atoms with Gasteiger partial charge in [-0.05, 0) is 17.7 Å². The molecule has 1 aromatic rings. The Morgan fingerprint density at radius 3 is 2.43 bits per heavy atom. The largest absolute Gasteiger partial charge is 0.411 e. The second-order valence-corrected chi connectivity index (χ2v) is 3.82. The third-order valence-electron chi connectivity index (χ3n) is 1.81. The van der Waals surface area contributed by atoms with Gasteiger partial charge in [0.2, 0.25) is 0 Å². The third-order valence-corrected chi connectivity index (χ3v) is 2.34. The summed E-state index contributed by atoms with van der Waals surface area (Å²) >= 11 is 3.31. The second kappa shape index (κ2) is 4.91. The summed E-state index contributed by atoms with van der Waals surface area (Å²) in [5.41, 5.74) is 1.11. The van der Waals surface area contributed by atoms with Gasteiger partial charge in [0, 0.05) is 17.8 Å². The van der Waals surface area contributed by atoms with Crippen molar-refractivity contribution in [3.05, 3.63) is 34.3 Å². The lowest BCUT2D eigenvalue weighted by atomic mass is 10.1. The van der Waals surface area contributed by atoms with E-state index in [1.54, 1.807) is 0 Å². The van der Waals surface area contributed by atoms with E-state index >= 15 is 0 Å². The first kappa shape index (κ1) is 10.9. The highest BCUT2D eigenvalue weighted by Gasteiger charge is 2.07. The first-order chi connectivity index (χ1) is 6.63. The van der Waals surface area contributed by atoms with Crippen molar-refractivity contribution in [2.75, 3.05) is 0 Å². The molecule has 0 aliphatic heterocycles. The van der Waals surface area contributed by atoms with Gasteiger partial charge in [0.1, 0.15) is 5.71 Å². The van der Waals surface area contributed by atoms with Crippen molar-refractivity contribution >= 4 is 27.4 Å². The van der Waals surface area contributed by atoms with Gasteiger partial charge in [-0.1, -0.05) is 33.2 Å². The highest BCUT2D eigenvalue weighted by molar-refractivity contribution is 9.10. The Bertz CT molecular complexity index is 357. The molecule has 74 valence electrons. The van der Waals surface area contributed by atoms with Crippen LogP contribution in [0, 0.1) is 0 Å². The van der Waals surface area contributed by atoms with Crippen LogP contribution in [0.25, 0.3) is 0 Å². The van der Waals surface area contributed by atoms with Crippen LogP contribution in [-0.2, 0) is 11.2 Å². The molecule has 0 amide bonds. The summed E-state index contributed by atoms with van der Waals surface area (Å²) in [7, 11) is 0. The average molecular weight is 256 g/mol. The van der Waals surface area contributed by atoms with Crippen molar-refractivity contribution in [2.45, 2.75) is 13.3 Å². The van der Waals surface area contributed by atoms with Crippen LogP contribution in [0.5, 0.6) is 0 Å². The van der Waals surface area contributed by atoms with E-state index in [4.69, 9.17) is 5.21 Å². The van der Waals surface area contributed by atoms with E-state index in [1.807, 2.05) is 24.3 Å². The average Bonchev–Trinajstić information content (AvgIpc) is 2.16. The Hall–Kier alpha value is -1.16. The molecule has 0 bridgehead atoms. The number of rotatable bonds is 3. The maximum atomic E-state index is 10.9. The predicted molar refractivity (Wildman–Crippen MR) is 57.7 cm³/mol. The highest BCUT2D eigenvalue weighted by Crippen LogP contribution is 2.11. The molecule has 1 aromatic carbocycles. The molecule has 0 spiro atoms. The van der Waals surface area contributed by atoms with Gasteiger partial charge in [-0.25, -0.2) is 0 Å². The maximum absolute atomic E-state index is 10.9. The van der Waals surface area contributed by atoms with Gasteiger partial charge in [-0.3, -0.25) is 4.79 Å². The molecule has 0 aliphatic rings. The summed E-state index contributed by atoms with van der Waals surface area (Å²) in [5, 5.41) is 11.5. The number of ketones is 1. The summed E-state index contributed by atoms with van der Waals surface area (Å²) in [6, 6.07) is 7.51. The number of Topliss-reactive ketones (excluding diaryl/α,β-unsaturated/α-hetero) is 1. The number of oxime groups is 1. The Kier molecular flexibility index (Phi) is 3.83. The number of benzene rings is 1. The summed E-state index contributed by atoms with van der Waals surface area (Å²) in [6.45, 7) is 1.38. The van der Waals surface area contributed by atoms with Gasteiger partial charge < -0.3 is 5.21 Å². The molecule has 1 rings (SSSR count). The van der Waals surface area contributed by atoms with Gasteiger partial charge in [0.05, 0.1) is 0 Å². The van der Waals surface area contributed by atoms with E-state index in [0.29, 0.717) is 6.42 Å². The van der Waals surface area contributed by atoms with E-state index in [2.05, 4.69) is 21.1 Å². The molecule has 4 heteroatoms. The zero-order chi connectivity index (χ0) is 10.6. The first-order valence-electron chi connectivity index (χ1n) is 4.10. The lowest BCUT2D eigenvalue weighted by Gasteiger charge is -2.00. The number of halogens is 1. The minimum absolute atomic E-state index is 0.173. The Balaban J connectivity index is 2.78. The first-order valence-corrected chi connectivity index (χ1v) is 4.89. The van der Waals surface area contributed by atoms with E-state index in [-0.39, 0.29) is 11.5 Å². The van der Waals surface area contributed by atoms with Crippen LogP contribution < -0.4 is 0 Å². The van der Waals surface area contributed by atoms with Gasteiger partial charge in [-0.15, -0.1) is 0 Å². The van der Waals surface area contributed by atoms with Crippen molar-refractivity contribution in [3.8, 4) is 0 Å². The monoisotopic (exact) mass is 255 g/mol. The van der Waals surface area contributed by atoms with E-state index < -0.39 is 0 Å². The summed E-state index contributed by atoms with van der Waals surface area (Å²) < 4.78 is 0.978. The maximum Gasteiger partial charge on any atom is 0.177 e. The second-order valence-electron chi connectivity index (χ2n) is 2.91. The smallest absolute Gasteiger partial charge is 0.177 e. The fraction of sp³-hybridized carbons (Fsp3) is 0.200. The topological polar surface area (TPSA) is 49.7 Å². The molecule has 0 fully saturated rings. The predicted octanol–water partition coefficient (Wildman–Crippen LogP) is 2.41. The van der Waals surface area contributed by atoms with Crippen molar-refractivity contribution in [1.82, 2.24) is 0 Å². The summed E-state index contributed by atoms with van der Waals surface area (Å²) in [4.78, 5) is 10.9. The normalized spacial score (nSPS) is 11.4. The fourth-order valence-electron chi connectivity index (χ4n) is 1.03. The summed E-state index contributed by atoms with van der Waals surface area (Å²) in [5.74, 6) is -0.213. The van der Waals surface area contributed by atoms with Crippen molar-refractivity contribution in [3.63, 3.8) is 0 Å². The molecule has 0 heterocycles. The van der Waals surface area contributed by atoms with Crippen molar-refractivity contribution in [1.29, 1.82) is 0 Å². The lowest BCUT2D eigenvalue weighted by Crippen LogP contribution is -2.13. The van der Waals surface area contributed by atoms with E-state index in [9.17, 15) is 4.79 Å². The number of carbonyl (C=O) groups is 1. The third kappa shape index (κ3) is 2.96. The van der Waals surface area contributed by atoms with Crippen LogP contribution in [-0.4, -0.2) is 16.7 Å². The Morgan fingerprint density at radius 2 is 2.00 bits per heavy atom. The standard InChI is InChI=1S/C10H10BrNO2/c1-7(13)10(12-14)6-8-2-4-9(11)5-3-8/h2-5,14H,6H2,1H3/b12-10-. The molecule has 0 radical (unpaired) electrons. The molecule has 1 N–H and O–H groups in total. The molecule has 0 saturated heterocycles. The minimum atomic E-state index is -0.213. The number of hydrogen-bond acceptors (Lipinski definition) is 3. The molecule has 0 unspecified atom stereocenters. The zero-order valence-corrected chi connectivity index (χ0v) is 9.28. The van der Waals surface area contributed by atoms with Crippen molar-refractivity contribution < 1.29 is 10.0 Å². The zero-order valence-electron chi connectivity index (χ0n) is 7.70.